The zero-order chi connectivity index (χ0) is 21.1. The lowest BCUT2D eigenvalue weighted by Gasteiger charge is -2.31. The Hall–Kier alpha value is -3.10. The lowest BCUT2D eigenvalue weighted by molar-refractivity contribution is -0.384. The third-order valence-electron chi connectivity index (χ3n) is 5.59. The Labute approximate surface area is 167 Å². The van der Waals surface area contributed by atoms with Crippen LogP contribution in [0.25, 0.3) is 0 Å². The first-order valence-corrected chi connectivity index (χ1v) is 9.78. The maximum Gasteiger partial charge on any atom is 0.270 e. The Morgan fingerprint density at radius 2 is 1.79 bits per heavy atom. The van der Waals surface area contributed by atoms with E-state index < -0.39 is 16.7 Å². The van der Waals surface area contributed by atoms with Gasteiger partial charge in [-0.1, -0.05) is 6.92 Å². The van der Waals surface area contributed by atoms with Crippen molar-refractivity contribution in [1.29, 1.82) is 0 Å². The Kier molecular flexibility index (Phi) is 6.05. The molecule has 1 saturated heterocycles. The Balaban J connectivity index is 1.51. The molecule has 9 heteroatoms. The molecule has 0 N–H and O–H groups in total. The number of nitro groups is 1. The van der Waals surface area contributed by atoms with Gasteiger partial charge in [0.1, 0.15) is 5.78 Å². The van der Waals surface area contributed by atoms with Gasteiger partial charge in [0, 0.05) is 50.5 Å². The van der Waals surface area contributed by atoms with E-state index >= 15 is 0 Å². The van der Waals surface area contributed by atoms with Crippen molar-refractivity contribution < 1.29 is 24.1 Å². The number of Topliss-reactive ketones (excluding diaryl/α,β-unsaturated/α-hetero) is 1. The predicted molar refractivity (Wildman–Crippen MR) is 102 cm³/mol. The molecule has 0 radical (unpaired) electrons. The summed E-state index contributed by atoms with van der Waals surface area (Å²) in [5, 5.41) is 10.9. The van der Waals surface area contributed by atoms with Crippen molar-refractivity contribution in [1.82, 2.24) is 9.80 Å². The molecule has 0 unspecified atom stereocenters. The smallest absolute Gasteiger partial charge is 0.270 e. The van der Waals surface area contributed by atoms with Crippen LogP contribution in [-0.4, -0.2) is 57.9 Å². The second-order valence-corrected chi connectivity index (χ2v) is 7.33. The minimum atomic E-state index is -0.614. The molecule has 1 aromatic rings. The van der Waals surface area contributed by atoms with Gasteiger partial charge in [0.15, 0.2) is 0 Å². The molecule has 29 heavy (non-hydrogen) atoms. The number of rotatable bonds is 7. The van der Waals surface area contributed by atoms with Crippen molar-refractivity contribution in [2.24, 2.45) is 5.92 Å². The molecular weight excluding hydrogens is 378 g/mol. The van der Waals surface area contributed by atoms with E-state index in [2.05, 4.69) is 0 Å². The summed E-state index contributed by atoms with van der Waals surface area (Å²) in [5.41, 5.74) is -0.0698. The second kappa shape index (κ2) is 8.50. The highest BCUT2D eigenvalue weighted by Gasteiger charge is 2.36. The molecule has 0 bridgehead atoms. The maximum absolute atomic E-state index is 12.4. The van der Waals surface area contributed by atoms with E-state index in [1.807, 2.05) is 6.92 Å². The number of carbonyl (C=O) groups is 4. The van der Waals surface area contributed by atoms with Gasteiger partial charge in [-0.3, -0.25) is 34.2 Å². The summed E-state index contributed by atoms with van der Waals surface area (Å²) in [5.74, 6) is -0.847. The first-order chi connectivity index (χ1) is 13.8. The third-order valence-corrected chi connectivity index (χ3v) is 5.59. The fourth-order valence-electron chi connectivity index (χ4n) is 3.88. The SMILES string of the molecule is CCC(=O)C1CCN(C(=O)CCCN2C(=O)c3ccc([N+](=O)[O-])cc3C2=O)CC1. The van der Waals surface area contributed by atoms with E-state index in [1.165, 1.54) is 12.1 Å². The Bertz CT molecular complexity index is 873. The number of ketones is 1. The predicted octanol–water partition coefficient (Wildman–Crippen LogP) is 2.19. The monoisotopic (exact) mass is 401 g/mol. The van der Waals surface area contributed by atoms with Crippen LogP contribution in [0.1, 0.15) is 59.7 Å². The number of imide groups is 1. The van der Waals surface area contributed by atoms with Gasteiger partial charge in [0.25, 0.3) is 17.5 Å². The average Bonchev–Trinajstić information content (AvgIpc) is 2.97. The summed E-state index contributed by atoms with van der Waals surface area (Å²) in [4.78, 5) is 62.0. The number of non-ortho nitro benzene ring substituents is 1. The molecule has 2 heterocycles. The largest absolute Gasteiger partial charge is 0.343 e. The summed E-state index contributed by atoms with van der Waals surface area (Å²) in [6.45, 7) is 3.02. The molecular formula is C20H23N3O6. The highest BCUT2D eigenvalue weighted by Crippen LogP contribution is 2.27. The number of hydrogen-bond acceptors (Lipinski definition) is 6. The Morgan fingerprint density at radius 3 is 2.41 bits per heavy atom. The van der Waals surface area contributed by atoms with Crippen molar-refractivity contribution in [3.63, 3.8) is 0 Å². The van der Waals surface area contributed by atoms with Crippen LogP contribution in [0.3, 0.4) is 0 Å². The summed E-state index contributed by atoms with van der Waals surface area (Å²) >= 11 is 0. The fraction of sp³-hybridized carbons (Fsp3) is 0.500. The standard InChI is InChI=1S/C20H23N3O6/c1-2-17(24)13-7-10-21(11-8-13)18(25)4-3-9-22-19(26)15-6-5-14(23(28)29)12-16(15)20(22)27/h5-6,12-13H,2-4,7-11H2,1H3. The van der Waals surface area contributed by atoms with Crippen LogP contribution < -0.4 is 0 Å². The zero-order valence-electron chi connectivity index (χ0n) is 16.3. The molecule has 1 fully saturated rings. The normalized spacial score (nSPS) is 16.9. The topological polar surface area (TPSA) is 118 Å². The van der Waals surface area contributed by atoms with Crippen molar-refractivity contribution in [3.05, 3.63) is 39.4 Å². The van der Waals surface area contributed by atoms with E-state index in [-0.39, 0.29) is 47.4 Å². The van der Waals surface area contributed by atoms with Crippen molar-refractivity contribution in [3.8, 4) is 0 Å². The highest BCUT2D eigenvalue weighted by molar-refractivity contribution is 6.21. The van der Waals surface area contributed by atoms with E-state index in [9.17, 15) is 29.3 Å². The van der Waals surface area contributed by atoms with E-state index in [1.54, 1.807) is 4.90 Å². The van der Waals surface area contributed by atoms with Gasteiger partial charge >= 0.3 is 0 Å². The van der Waals surface area contributed by atoms with Crippen LogP contribution in [0.5, 0.6) is 0 Å². The van der Waals surface area contributed by atoms with Gasteiger partial charge in [-0.15, -0.1) is 0 Å². The van der Waals surface area contributed by atoms with Crippen LogP contribution in [0, 0.1) is 16.0 Å². The van der Waals surface area contributed by atoms with Gasteiger partial charge in [0.05, 0.1) is 16.1 Å². The number of amides is 3. The molecule has 0 aliphatic carbocycles. The molecule has 154 valence electrons. The molecule has 2 aliphatic heterocycles. The van der Waals surface area contributed by atoms with E-state index in [4.69, 9.17) is 0 Å². The van der Waals surface area contributed by atoms with Crippen molar-refractivity contribution in [2.45, 2.75) is 39.0 Å². The zero-order valence-corrected chi connectivity index (χ0v) is 16.3. The minimum absolute atomic E-state index is 0.0261. The molecule has 3 amide bonds. The lowest BCUT2D eigenvalue weighted by atomic mass is 9.91. The number of benzene rings is 1. The minimum Gasteiger partial charge on any atom is -0.343 e. The molecule has 0 spiro atoms. The first kappa shape index (κ1) is 20.6. The van der Waals surface area contributed by atoms with Gasteiger partial charge in [-0.05, 0) is 25.3 Å². The van der Waals surface area contributed by atoms with Gasteiger partial charge < -0.3 is 4.90 Å². The molecule has 0 aromatic heterocycles. The number of piperidine rings is 1. The molecule has 9 nitrogen and oxygen atoms in total. The number of fused-ring (bicyclic) bond motifs is 1. The number of carbonyl (C=O) groups excluding carboxylic acids is 4. The number of nitrogens with zero attached hydrogens (tertiary/aromatic N) is 3. The second-order valence-electron chi connectivity index (χ2n) is 7.33. The molecule has 1 aromatic carbocycles. The van der Waals surface area contributed by atoms with Crippen molar-refractivity contribution >= 4 is 29.2 Å². The van der Waals surface area contributed by atoms with Crippen molar-refractivity contribution in [2.75, 3.05) is 19.6 Å². The van der Waals surface area contributed by atoms with E-state index in [0.29, 0.717) is 38.8 Å². The van der Waals surface area contributed by atoms with Gasteiger partial charge in [0.2, 0.25) is 5.91 Å². The fourth-order valence-corrected chi connectivity index (χ4v) is 3.88. The van der Waals surface area contributed by atoms with Gasteiger partial charge in [-0.25, -0.2) is 0 Å². The molecule has 0 atom stereocenters. The Morgan fingerprint density at radius 1 is 1.14 bits per heavy atom. The first-order valence-electron chi connectivity index (χ1n) is 9.78. The van der Waals surface area contributed by atoms with E-state index in [0.717, 1.165) is 11.0 Å². The third kappa shape index (κ3) is 4.18. The molecule has 3 rings (SSSR count). The summed E-state index contributed by atoms with van der Waals surface area (Å²) in [7, 11) is 0. The maximum atomic E-state index is 12.4. The molecule has 2 aliphatic rings. The number of hydrogen-bond donors (Lipinski definition) is 0. The highest BCUT2D eigenvalue weighted by atomic mass is 16.6. The van der Waals surface area contributed by atoms with Crippen LogP contribution in [-0.2, 0) is 9.59 Å². The van der Waals surface area contributed by atoms with Crippen LogP contribution in [0.15, 0.2) is 18.2 Å². The number of nitro benzene ring substituents is 1. The van der Waals surface area contributed by atoms with Crippen LogP contribution >= 0.6 is 0 Å². The lowest BCUT2D eigenvalue weighted by Crippen LogP contribution is -2.40. The number of likely N-dealkylation sites (tertiary alicyclic amines) is 1. The average molecular weight is 401 g/mol. The summed E-state index contributed by atoms with van der Waals surface area (Å²) in [6.07, 6.45) is 2.38. The summed E-state index contributed by atoms with van der Waals surface area (Å²) < 4.78 is 0. The van der Waals surface area contributed by atoms with Crippen LogP contribution in [0.4, 0.5) is 5.69 Å². The van der Waals surface area contributed by atoms with Gasteiger partial charge in [-0.2, -0.15) is 0 Å². The van der Waals surface area contributed by atoms with Crippen LogP contribution in [0.2, 0.25) is 0 Å². The molecule has 0 saturated carbocycles. The summed E-state index contributed by atoms with van der Waals surface area (Å²) in [6, 6.07) is 3.60. The quantitative estimate of drug-likeness (QED) is 0.393.